The summed E-state index contributed by atoms with van der Waals surface area (Å²) in [6.45, 7) is 1.86. The van der Waals surface area contributed by atoms with E-state index in [9.17, 15) is 0 Å². The molecule has 0 N–H and O–H groups in total. The molecular weight excluding hydrogens is 286 g/mol. The van der Waals surface area contributed by atoms with Crippen molar-refractivity contribution in [3.05, 3.63) is 78.6 Å². The van der Waals surface area contributed by atoms with E-state index >= 15 is 0 Å². The van der Waals surface area contributed by atoms with Crippen LogP contribution in [0.3, 0.4) is 0 Å². The van der Waals surface area contributed by atoms with E-state index in [1.54, 1.807) is 0 Å². The molecule has 0 aliphatic carbocycles. The summed E-state index contributed by atoms with van der Waals surface area (Å²) in [6, 6.07) is 24.1. The second-order valence-electron chi connectivity index (χ2n) is 5.36. The van der Waals surface area contributed by atoms with Crippen LogP contribution in [0.4, 0.5) is 0 Å². The predicted molar refractivity (Wildman–Crippen MR) is 90.7 cm³/mol. The van der Waals surface area contributed by atoms with Gasteiger partial charge < -0.3 is 9.26 Å². The Morgan fingerprint density at radius 2 is 1.57 bits per heavy atom. The molecule has 4 rings (SSSR count). The lowest BCUT2D eigenvalue weighted by molar-refractivity contribution is 0.387. The van der Waals surface area contributed by atoms with Crippen LogP contribution in [0.1, 0.15) is 5.76 Å². The van der Waals surface area contributed by atoms with Gasteiger partial charge in [-0.05, 0) is 11.5 Å². The lowest BCUT2D eigenvalue weighted by Gasteiger charge is -2.09. The maximum atomic E-state index is 6.19. The molecule has 0 fully saturated rings. The summed E-state index contributed by atoms with van der Waals surface area (Å²) >= 11 is 0. The topological polar surface area (TPSA) is 35.3 Å². The first kappa shape index (κ1) is 13.6. The third kappa shape index (κ3) is 2.46. The van der Waals surface area contributed by atoms with Crippen molar-refractivity contribution in [1.29, 1.82) is 0 Å². The second-order valence-corrected chi connectivity index (χ2v) is 5.36. The van der Waals surface area contributed by atoms with Crippen LogP contribution in [0.15, 0.2) is 77.3 Å². The summed E-state index contributed by atoms with van der Waals surface area (Å²) < 4.78 is 11.6. The fraction of sp³-hybridized carbons (Fsp3) is 0.0500. The average Bonchev–Trinajstić information content (AvgIpc) is 2.97. The highest BCUT2D eigenvalue weighted by Gasteiger charge is 2.17. The van der Waals surface area contributed by atoms with E-state index in [0.29, 0.717) is 11.5 Å². The van der Waals surface area contributed by atoms with Gasteiger partial charge in [0.2, 0.25) is 0 Å². The number of nitrogens with zero attached hydrogens (tertiary/aromatic N) is 1. The predicted octanol–water partition coefficient (Wildman–Crippen LogP) is 5.60. The zero-order chi connectivity index (χ0) is 15.6. The van der Waals surface area contributed by atoms with Crippen LogP contribution in [-0.2, 0) is 0 Å². The third-order valence-corrected chi connectivity index (χ3v) is 3.82. The molecule has 0 aliphatic rings. The summed E-state index contributed by atoms with van der Waals surface area (Å²) in [4.78, 5) is 0. The monoisotopic (exact) mass is 301 g/mol. The molecule has 0 spiro atoms. The molecule has 0 amide bonds. The number of rotatable bonds is 3. The van der Waals surface area contributed by atoms with Gasteiger partial charge in [0.15, 0.2) is 17.2 Å². The molecule has 1 aromatic heterocycles. The van der Waals surface area contributed by atoms with Gasteiger partial charge in [-0.3, -0.25) is 0 Å². The fourth-order valence-electron chi connectivity index (χ4n) is 2.66. The van der Waals surface area contributed by atoms with Gasteiger partial charge in [-0.1, -0.05) is 71.9 Å². The van der Waals surface area contributed by atoms with Gasteiger partial charge in [0.1, 0.15) is 5.75 Å². The Labute approximate surface area is 134 Å². The molecule has 3 heteroatoms. The maximum Gasteiger partial charge on any atom is 0.197 e. The van der Waals surface area contributed by atoms with Crippen LogP contribution >= 0.6 is 0 Å². The summed E-state index contributed by atoms with van der Waals surface area (Å²) in [5, 5.41) is 6.37. The van der Waals surface area contributed by atoms with Gasteiger partial charge in [0.25, 0.3) is 0 Å². The van der Waals surface area contributed by atoms with Crippen molar-refractivity contribution >= 4 is 10.8 Å². The van der Waals surface area contributed by atoms with E-state index < -0.39 is 0 Å². The Balaban J connectivity index is 1.82. The van der Waals surface area contributed by atoms with Gasteiger partial charge in [-0.15, -0.1) is 0 Å². The zero-order valence-electron chi connectivity index (χ0n) is 12.7. The second kappa shape index (κ2) is 5.61. The van der Waals surface area contributed by atoms with Crippen LogP contribution in [-0.4, -0.2) is 5.16 Å². The van der Waals surface area contributed by atoms with E-state index in [4.69, 9.17) is 9.26 Å². The first-order valence-corrected chi connectivity index (χ1v) is 7.50. The standard InChI is InChI=1S/C20H15NO2/c1-14-20(19(21-23-14)16-9-3-2-4-10-16)22-18-13-7-11-15-8-5-6-12-17(15)18/h2-13H,1H3. The highest BCUT2D eigenvalue weighted by Crippen LogP contribution is 2.37. The summed E-state index contributed by atoms with van der Waals surface area (Å²) in [7, 11) is 0. The molecule has 0 bridgehead atoms. The van der Waals surface area contributed by atoms with Crippen molar-refractivity contribution in [2.45, 2.75) is 6.92 Å². The molecule has 0 radical (unpaired) electrons. The molecule has 112 valence electrons. The minimum atomic E-state index is 0.660. The Morgan fingerprint density at radius 3 is 2.43 bits per heavy atom. The van der Waals surface area contributed by atoms with E-state index in [1.807, 2.05) is 61.5 Å². The van der Waals surface area contributed by atoms with Crippen LogP contribution in [0.25, 0.3) is 22.0 Å². The molecule has 0 unspecified atom stereocenters. The van der Waals surface area contributed by atoms with E-state index in [0.717, 1.165) is 27.8 Å². The molecule has 3 aromatic carbocycles. The van der Waals surface area contributed by atoms with Crippen molar-refractivity contribution in [3.8, 4) is 22.8 Å². The van der Waals surface area contributed by atoms with E-state index in [2.05, 4.69) is 23.4 Å². The van der Waals surface area contributed by atoms with Crippen LogP contribution < -0.4 is 4.74 Å². The van der Waals surface area contributed by atoms with Crippen molar-refractivity contribution in [2.75, 3.05) is 0 Å². The number of benzene rings is 3. The van der Waals surface area contributed by atoms with Gasteiger partial charge >= 0.3 is 0 Å². The van der Waals surface area contributed by atoms with Crippen LogP contribution in [0.5, 0.6) is 11.5 Å². The fourth-order valence-corrected chi connectivity index (χ4v) is 2.66. The smallest absolute Gasteiger partial charge is 0.197 e. The Hall–Kier alpha value is -3.07. The molecule has 0 saturated carbocycles. The highest BCUT2D eigenvalue weighted by atomic mass is 16.5. The Bertz CT molecular complexity index is 952. The van der Waals surface area contributed by atoms with E-state index in [1.165, 1.54) is 0 Å². The first-order valence-electron chi connectivity index (χ1n) is 7.50. The number of fused-ring (bicyclic) bond motifs is 1. The van der Waals surface area contributed by atoms with Crippen LogP contribution in [0, 0.1) is 6.92 Å². The van der Waals surface area contributed by atoms with Gasteiger partial charge in [-0.25, -0.2) is 0 Å². The summed E-state index contributed by atoms with van der Waals surface area (Å²) in [5.74, 6) is 2.12. The van der Waals surface area contributed by atoms with Crippen molar-refractivity contribution in [3.63, 3.8) is 0 Å². The van der Waals surface area contributed by atoms with Crippen LogP contribution in [0.2, 0.25) is 0 Å². The van der Waals surface area contributed by atoms with Gasteiger partial charge in [-0.2, -0.15) is 0 Å². The summed E-state index contributed by atoms with van der Waals surface area (Å²) in [6.07, 6.45) is 0. The Kier molecular flexibility index (Phi) is 3.31. The average molecular weight is 301 g/mol. The number of aryl methyl sites for hydroxylation is 1. The number of hydrogen-bond acceptors (Lipinski definition) is 3. The van der Waals surface area contributed by atoms with E-state index in [-0.39, 0.29) is 0 Å². The molecule has 3 nitrogen and oxygen atoms in total. The minimum absolute atomic E-state index is 0.660. The maximum absolute atomic E-state index is 6.19. The minimum Gasteiger partial charge on any atom is -0.451 e. The normalized spacial score (nSPS) is 10.8. The van der Waals surface area contributed by atoms with Crippen molar-refractivity contribution < 1.29 is 9.26 Å². The number of ether oxygens (including phenoxy) is 1. The number of aromatic nitrogens is 1. The molecular formula is C20H15NO2. The third-order valence-electron chi connectivity index (χ3n) is 3.82. The lowest BCUT2D eigenvalue weighted by atomic mass is 10.1. The largest absolute Gasteiger partial charge is 0.451 e. The molecule has 23 heavy (non-hydrogen) atoms. The molecule has 0 atom stereocenters. The number of hydrogen-bond donors (Lipinski definition) is 0. The van der Waals surface area contributed by atoms with Crippen molar-refractivity contribution in [1.82, 2.24) is 5.16 Å². The quantitative estimate of drug-likeness (QED) is 0.494. The Morgan fingerprint density at radius 1 is 0.826 bits per heavy atom. The first-order chi connectivity index (χ1) is 11.3. The molecule has 0 saturated heterocycles. The lowest BCUT2D eigenvalue weighted by Crippen LogP contribution is -1.89. The van der Waals surface area contributed by atoms with Crippen molar-refractivity contribution in [2.24, 2.45) is 0 Å². The SMILES string of the molecule is Cc1onc(-c2ccccc2)c1Oc1cccc2ccccc12. The highest BCUT2D eigenvalue weighted by molar-refractivity contribution is 5.88. The molecule has 1 heterocycles. The summed E-state index contributed by atoms with van der Waals surface area (Å²) in [5.41, 5.74) is 1.69. The zero-order valence-corrected chi connectivity index (χ0v) is 12.7. The molecule has 0 aliphatic heterocycles. The van der Waals surface area contributed by atoms with Gasteiger partial charge in [0.05, 0.1) is 0 Å². The van der Waals surface area contributed by atoms with Gasteiger partial charge in [0, 0.05) is 17.9 Å². The molecule has 4 aromatic rings.